The van der Waals surface area contributed by atoms with Gasteiger partial charge in [0.15, 0.2) is 0 Å². The van der Waals surface area contributed by atoms with Gasteiger partial charge in [0, 0.05) is 44.5 Å². The maximum atomic E-state index is 13.3. The molecule has 0 radical (unpaired) electrons. The van der Waals surface area contributed by atoms with Crippen LogP contribution in [0.15, 0.2) is 44.1 Å². The van der Waals surface area contributed by atoms with E-state index in [9.17, 15) is 9.59 Å². The first-order chi connectivity index (χ1) is 18.2. The highest BCUT2D eigenvalue weighted by atomic mass is 32.2. The van der Waals surface area contributed by atoms with E-state index >= 15 is 0 Å². The Morgan fingerprint density at radius 3 is 2.84 bits per heavy atom. The Bertz CT molecular complexity index is 1070. The summed E-state index contributed by atoms with van der Waals surface area (Å²) in [5, 5.41) is 7.97. The number of carbonyl (C=O) groups is 1. The molecule has 11 heteroatoms. The topological polar surface area (TPSA) is 109 Å². The molecular weight excluding hydrogens is 506 g/mol. The van der Waals surface area contributed by atoms with Crippen LogP contribution < -0.4 is 15.7 Å². The van der Waals surface area contributed by atoms with Crippen LogP contribution in [0, 0.1) is 0 Å². The Kier molecular flexibility index (Phi) is 11.4. The van der Waals surface area contributed by atoms with Gasteiger partial charge in [0.2, 0.25) is 5.91 Å². The summed E-state index contributed by atoms with van der Waals surface area (Å²) in [6.07, 6.45) is 3.89. The second-order valence-electron chi connectivity index (χ2n) is 9.92. The minimum atomic E-state index is -0.971. The van der Waals surface area contributed by atoms with Gasteiger partial charge in [-0.1, -0.05) is 31.2 Å². The number of aliphatic imine (C=N–C) groups is 1. The minimum Gasteiger partial charge on any atom is -0.489 e. The average molecular weight is 548 g/mol. The number of amides is 1. The van der Waals surface area contributed by atoms with Gasteiger partial charge in [-0.15, -0.1) is 11.8 Å². The van der Waals surface area contributed by atoms with Crippen LogP contribution in [-0.2, 0) is 9.63 Å². The fourth-order valence-corrected chi connectivity index (χ4v) is 5.30. The van der Waals surface area contributed by atoms with Crippen molar-refractivity contribution in [2.45, 2.75) is 51.6 Å². The third-order valence-electron chi connectivity index (χ3n) is 6.50. The van der Waals surface area contributed by atoms with Crippen molar-refractivity contribution < 1.29 is 18.8 Å². The number of nitrogens with one attached hydrogen (secondary N) is 1. The van der Waals surface area contributed by atoms with Crippen molar-refractivity contribution in [2.75, 3.05) is 58.7 Å². The van der Waals surface area contributed by atoms with Crippen molar-refractivity contribution in [3.63, 3.8) is 0 Å². The normalized spacial score (nSPS) is 21.6. The van der Waals surface area contributed by atoms with Gasteiger partial charge in [-0.3, -0.25) is 9.79 Å². The summed E-state index contributed by atoms with van der Waals surface area (Å²) < 4.78 is 10.9. The zero-order chi connectivity index (χ0) is 27.5. The van der Waals surface area contributed by atoms with Gasteiger partial charge in [0.1, 0.15) is 41.0 Å². The summed E-state index contributed by atoms with van der Waals surface area (Å²) in [6.45, 7) is 15.5. The smallest absolute Gasteiger partial charge is 0.339 e. The summed E-state index contributed by atoms with van der Waals surface area (Å²) >= 11 is 1.49. The second-order valence-corrected chi connectivity index (χ2v) is 10.9. The van der Waals surface area contributed by atoms with Crippen molar-refractivity contribution in [1.29, 1.82) is 0 Å². The molecule has 1 aromatic heterocycles. The molecule has 1 aromatic rings. The van der Waals surface area contributed by atoms with Crippen LogP contribution in [0.4, 0.5) is 0 Å². The van der Waals surface area contributed by atoms with Crippen molar-refractivity contribution in [2.24, 2.45) is 10.1 Å². The van der Waals surface area contributed by atoms with Crippen LogP contribution in [0.1, 0.15) is 51.8 Å². The number of ether oxygens (including phenoxy) is 1. The third kappa shape index (κ3) is 8.71. The molecule has 0 aromatic carbocycles. The zero-order valence-electron chi connectivity index (χ0n) is 23.0. The van der Waals surface area contributed by atoms with Crippen LogP contribution in [-0.4, -0.2) is 90.7 Å². The average Bonchev–Trinajstić information content (AvgIpc) is 3.31. The summed E-state index contributed by atoms with van der Waals surface area (Å²) in [4.78, 5) is 40.5. The van der Waals surface area contributed by atoms with Gasteiger partial charge in [0.25, 0.3) is 0 Å². The molecule has 3 heterocycles. The summed E-state index contributed by atoms with van der Waals surface area (Å²) in [5.74, 6) is 0.979. The lowest BCUT2D eigenvalue weighted by Crippen LogP contribution is -2.45. The van der Waals surface area contributed by atoms with E-state index in [1.165, 1.54) is 17.8 Å². The van der Waals surface area contributed by atoms with Gasteiger partial charge < -0.3 is 29.1 Å². The number of likely N-dealkylation sites (N-methyl/N-ethyl adjacent to an activating group) is 1. The molecule has 1 N–H and O–H groups in total. The van der Waals surface area contributed by atoms with Crippen LogP contribution in [0.5, 0.6) is 5.75 Å². The van der Waals surface area contributed by atoms with E-state index in [0.717, 1.165) is 45.6 Å². The first-order valence-electron chi connectivity index (χ1n) is 13.2. The van der Waals surface area contributed by atoms with Gasteiger partial charge in [-0.25, -0.2) is 4.79 Å². The quantitative estimate of drug-likeness (QED) is 0.164. The van der Waals surface area contributed by atoms with Crippen LogP contribution >= 0.6 is 11.8 Å². The molecule has 0 bridgehead atoms. The minimum absolute atomic E-state index is 0.237. The monoisotopic (exact) mass is 547 g/mol. The summed E-state index contributed by atoms with van der Waals surface area (Å²) in [5.41, 5.74) is -0.842. The molecule has 0 unspecified atom stereocenters. The molecule has 3 rings (SSSR count). The predicted molar refractivity (Wildman–Crippen MR) is 152 cm³/mol. The molecule has 210 valence electrons. The summed E-state index contributed by atoms with van der Waals surface area (Å²) in [6, 6.07) is 2.44. The van der Waals surface area contributed by atoms with Crippen molar-refractivity contribution in [3.05, 3.63) is 41.0 Å². The van der Waals surface area contributed by atoms with E-state index in [4.69, 9.17) is 19.0 Å². The number of piperazine rings is 1. The number of nitrogens with zero attached hydrogens (tertiary/aromatic N) is 4. The van der Waals surface area contributed by atoms with Crippen LogP contribution in [0.25, 0.3) is 0 Å². The van der Waals surface area contributed by atoms with Crippen molar-refractivity contribution in [1.82, 2.24) is 15.1 Å². The molecule has 2 atom stereocenters. The number of carbonyl (C=O) groups excluding carboxylic acids is 1. The van der Waals surface area contributed by atoms with E-state index < -0.39 is 17.2 Å². The molecule has 0 spiro atoms. The fourth-order valence-electron chi connectivity index (χ4n) is 4.18. The SMILES string of the molecule is C=CCOc1cc([C@@H](CCC)NC(=O)[C@]2(C)CSC(C(C)=NOCCCN3CCN(C)CC3)=N2)oc(=O)c1. The predicted octanol–water partition coefficient (Wildman–Crippen LogP) is 3.10. The van der Waals surface area contributed by atoms with Gasteiger partial charge in [0.05, 0.1) is 12.1 Å². The molecule has 10 nitrogen and oxygen atoms in total. The summed E-state index contributed by atoms with van der Waals surface area (Å²) in [7, 11) is 2.15. The molecule has 1 amide bonds. The second kappa shape index (κ2) is 14.5. The molecular formula is C27H41N5O5S. The van der Waals surface area contributed by atoms with Gasteiger partial charge >= 0.3 is 5.63 Å². The molecule has 1 fully saturated rings. The fraction of sp³-hybridized carbons (Fsp3) is 0.630. The Hall–Kier alpha value is -2.63. The van der Waals surface area contributed by atoms with E-state index in [1.807, 2.05) is 13.8 Å². The standard InChI is InChI=1S/C27H41N5O5S/c1-6-9-22(23-17-21(35-15-7-2)18-24(33)37-23)28-26(34)27(4)19-38-25(29-27)20(3)30-36-16-8-10-32-13-11-31(5)12-14-32/h7,17-18,22H,2,6,8-16,19H2,1,3-5H3,(H,28,34)/t22-,27+/m1/s1. The first-order valence-corrected chi connectivity index (χ1v) is 14.2. The number of hydrogen-bond acceptors (Lipinski definition) is 10. The van der Waals surface area contributed by atoms with Crippen LogP contribution in [0.3, 0.4) is 0 Å². The lowest BCUT2D eigenvalue weighted by atomic mass is 10.0. The van der Waals surface area contributed by atoms with E-state index in [0.29, 0.717) is 41.0 Å². The highest BCUT2D eigenvalue weighted by Crippen LogP contribution is 2.30. The lowest BCUT2D eigenvalue weighted by Gasteiger charge is -2.32. The number of oxime groups is 1. The first kappa shape index (κ1) is 29.9. The Morgan fingerprint density at radius 1 is 1.37 bits per heavy atom. The van der Waals surface area contributed by atoms with Crippen LogP contribution in [0.2, 0.25) is 0 Å². The van der Waals surface area contributed by atoms with Gasteiger partial charge in [-0.05, 0) is 33.7 Å². The van der Waals surface area contributed by atoms with E-state index in [1.54, 1.807) is 19.1 Å². The number of hydrogen-bond donors (Lipinski definition) is 1. The molecule has 0 aliphatic carbocycles. The van der Waals surface area contributed by atoms with Crippen molar-refractivity contribution in [3.8, 4) is 5.75 Å². The Balaban J connectivity index is 1.56. The highest BCUT2D eigenvalue weighted by Gasteiger charge is 2.40. The molecule has 0 saturated carbocycles. The molecule has 1 saturated heterocycles. The highest BCUT2D eigenvalue weighted by molar-refractivity contribution is 8.16. The molecule has 2 aliphatic heterocycles. The molecule has 38 heavy (non-hydrogen) atoms. The van der Waals surface area contributed by atoms with Gasteiger partial charge in [-0.2, -0.15) is 0 Å². The Morgan fingerprint density at radius 2 is 2.13 bits per heavy atom. The largest absolute Gasteiger partial charge is 0.489 e. The maximum absolute atomic E-state index is 13.3. The third-order valence-corrected chi connectivity index (χ3v) is 7.87. The van der Waals surface area contributed by atoms with E-state index in [-0.39, 0.29) is 12.5 Å². The number of rotatable bonds is 14. The lowest BCUT2D eigenvalue weighted by molar-refractivity contribution is -0.125. The number of thioether (sulfide) groups is 1. The Labute approximate surface area is 229 Å². The zero-order valence-corrected chi connectivity index (χ0v) is 23.8. The van der Waals surface area contributed by atoms with E-state index in [2.05, 4.69) is 33.9 Å². The maximum Gasteiger partial charge on any atom is 0.339 e. The molecule has 2 aliphatic rings. The van der Waals surface area contributed by atoms with Crippen molar-refractivity contribution >= 4 is 28.4 Å².